The van der Waals surface area contributed by atoms with E-state index in [2.05, 4.69) is 0 Å². The Morgan fingerprint density at radius 2 is 2.20 bits per heavy atom. The zero-order valence-electron chi connectivity index (χ0n) is 6.51. The summed E-state index contributed by atoms with van der Waals surface area (Å²) in [7, 11) is 0. The summed E-state index contributed by atoms with van der Waals surface area (Å²) >= 11 is 0. The molecule has 1 aliphatic heterocycles. The van der Waals surface area contributed by atoms with Crippen molar-refractivity contribution in [1.82, 2.24) is 0 Å². The second kappa shape index (κ2) is 2.23. The van der Waals surface area contributed by atoms with Gasteiger partial charge in [-0.3, -0.25) is 4.79 Å². The normalized spacial score (nSPS) is 31.5. The van der Waals surface area contributed by atoms with Gasteiger partial charge in [0.05, 0.1) is 12.5 Å². The van der Waals surface area contributed by atoms with Gasteiger partial charge in [-0.25, -0.2) is 0 Å². The van der Waals surface area contributed by atoms with E-state index >= 15 is 0 Å². The molecule has 10 heavy (non-hydrogen) atoms. The van der Waals surface area contributed by atoms with E-state index in [-0.39, 0.29) is 12.1 Å². The summed E-state index contributed by atoms with van der Waals surface area (Å²) in [6.07, 6.45) is 0.347. The summed E-state index contributed by atoms with van der Waals surface area (Å²) < 4.78 is 10.2. The van der Waals surface area contributed by atoms with Gasteiger partial charge in [-0.1, -0.05) is 0 Å². The van der Waals surface area contributed by atoms with Crippen LogP contribution in [0.3, 0.4) is 0 Å². The molecule has 1 heterocycles. The molecule has 0 bridgehead atoms. The van der Waals surface area contributed by atoms with Gasteiger partial charge < -0.3 is 9.47 Å². The monoisotopic (exact) mass is 144 g/mol. The van der Waals surface area contributed by atoms with Crippen LogP contribution < -0.4 is 0 Å². The van der Waals surface area contributed by atoms with Crippen molar-refractivity contribution in [3.05, 3.63) is 0 Å². The SMILES string of the molecule is CC1CC(=O)OC(C)(C)O1. The molecule has 1 atom stereocenters. The fourth-order valence-electron chi connectivity index (χ4n) is 1.10. The molecule has 3 heteroatoms. The lowest BCUT2D eigenvalue weighted by Gasteiger charge is -2.33. The predicted octanol–water partition coefficient (Wildman–Crippen LogP) is 1.07. The van der Waals surface area contributed by atoms with Crippen LogP contribution in [0.1, 0.15) is 27.2 Å². The molecule has 0 aromatic rings. The third-order valence-corrected chi connectivity index (χ3v) is 1.30. The van der Waals surface area contributed by atoms with Gasteiger partial charge in [-0.05, 0) is 6.92 Å². The van der Waals surface area contributed by atoms with Gasteiger partial charge in [-0.2, -0.15) is 0 Å². The van der Waals surface area contributed by atoms with Gasteiger partial charge in [0.2, 0.25) is 5.79 Å². The van der Waals surface area contributed by atoms with Crippen LogP contribution in [0.4, 0.5) is 0 Å². The van der Waals surface area contributed by atoms with Crippen LogP contribution >= 0.6 is 0 Å². The number of ether oxygens (including phenoxy) is 2. The van der Waals surface area contributed by atoms with Gasteiger partial charge in [0.1, 0.15) is 0 Å². The van der Waals surface area contributed by atoms with Crippen LogP contribution in [0.2, 0.25) is 0 Å². The van der Waals surface area contributed by atoms with E-state index in [0.717, 1.165) is 0 Å². The van der Waals surface area contributed by atoms with Crippen LogP contribution in [0, 0.1) is 0 Å². The molecule has 0 saturated carbocycles. The number of rotatable bonds is 0. The van der Waals surface area contributed by atoms with Crippen molar-refractivity contribution >= 4 is 5.97 Å². The molecule has 0 aromatic carbocycles. The predicted molar refractivity (Wildman–Crippen MR) is 35.3 cm³/mol. The molecule has 0 N–H and O–H groups in total. The van der Waals surface area contributed by atoms with Gasteiger partial charge in [0, 0.05) is 13.8 Å². The number of carbonyl (C=O) groups is 1. The van der Waals surface area contributed by atoms with E-state index in [9.17, 15) is 4.79 Å². The Kier molecular flexibility index (Phi) is 1.68. The maximum atomic E-state index is 10.8. The first-order valence-electron chi connectivity index (χ1n) is 3.39. The average Bonchev–Trinajstić information content (AvgIpc) is 1.54. The first kappa shape index (κ1) is 7.54. The van der Waals surface area contributed by atoms with Crippen molar-refractivity contribution in [3.63, 3.8) is 0 Å². The summed E-state index contributed by atoms with van der Waals surface area (Å²) in [5, 5.41) is 0. The molecule has 1 aliphatic rings. The Labute approximate surface area is 60.3 Å². The lowest BCUT2D eigenvalue weighted by molar-refractivity contribution is -0.254. The van der Waals surface area contributed by atoms with Crippen LogP contribution in [0.15, 0.2) is 0 Å². The summed E-state index contributed by atoms with van der Waals surface area (Å²) in [5.41, 5.74) is 0. The molecule has 0 radical (unpaired) electrons. The summed E-state index contributed by atoms with van der Waals surface area (Å²) in [6, 6.07) is 0. The fourth-order valence-corrected chi connectivity index (χ4v) is 1.10. The van der Waals surface area contributed by atoms with Gasteiger partial charge >= 0.3 is 5.97 Å². The van der Waals surface area contributed by atoms with Crippen LogP contribution in [-0.2, 0) is 14.3 Å². The highest BCUT2D eigenvalue weighted by Gasteiger charge is 2.32. The molecule has 1 unspecified atom stereocenters. The quantitative estimate of drug-likeness (QED) is 0.477. The van der Waals surface area contributed by atoms with Gasteiger partial charge in [0.15, 0.2) is 0 Å². The molecule has 1 rings (SSSR count). The zero-order valence-corrected chi connectivity index (χ0v) is 6.51. The number of hydrogen-bond acceptors (Lipinski definition) is 3. The Bertz CT molecular complexity index is 151. The number of esters is 1. The van der Waals surface area contributed by atoms with Crippen LogP contribution in [0.25, 0.3) is 0 Å². The molecule has 0 spiro atoms. The third kappa shape index (κ3) is 1.70. The van der Waals surface area contributed by atoms with E-state index in [0.29, 0.717) is 6.42 Å². The minimum atomic E-state index is -0.727. The van der Waals surface area contributed by atoms with Crippen molar-refractivity contribution in [2.24, 2.45) is 0 Å². The molecule has 1 saturated heterocycles. The lowest BCUT2D eigenvalue weighted by atomic mass is 10.2. The van der Waals surface area contributed by atoms with Gasteiger partial charge in [0.25, 0.3) is 0 Å². The first-order valence-corrected chi connectivity index (χ1v) is 3.39. The fraction of sp³-hybridized carbons (Fsp3) is 0.857. The maximum Gasteiger partial charge on any atom is 0.310 e. The molecule has 0 aromatic heterocycles. The van der Waals surface area contributed by atoms with E-state index < -0.39 is 5.79 Å². The topological polar surface area (TPSA) is 35.5 Å². The smallest absolute Gasteiger partial charge is 0.310 e. The highest BCUT2D eigenvalue weighted by atomic mass is 16.7. The van der Waals surface area contributed by atoms with Gasteiger partial charge in [-0.15, -0.1) is 0 Å². The molecular formula is C7H12O3. The van der Waals surface area contributed by atoms with Crippen LogP contribution in [-0.4, -0.2) is 17.9 Å². The molecular weight excluding hydrogens is 132 g/mol. The Morgan fingerprint density at radius 3 is 2.60 bits per heavy atom. The van der Waals surface area contributed by atoms with E-state index in [4.69, 9.17) is 9.47 Å². The molecule has 0 amide bonds. The van der Waals surface area contributed by atoms with Crippen molar-refractivity contribution in [1.29, 1.82) is 0 Å². The Morgan fingerprint density at radius 1 is 1.60 bits per heavy atom. The summed E-state index contributed by atoms with van der Waals surface area (Å²) in [6.45, 7) is 5.34. The average molecular weight is 144 g/mol. The second-order valence-corrected chi connectivity index (χ2v) is 3.01. The van der Waals surface area contributed by atoms with Crippen molar-refractivity contribution in [2.45, 2.75) is 39.1 Å². The third-order valence-electron chi connectivity index (χ3n) is 1.30. The number of carbonyl (C=O) groups excluding carboxylic acids is 1. The first-order chi connectivity index (χ1) is 4.49. The minimum absolute atomic E-state index is 0.0174. The molecule has 58 valence electrons. The van der Waals surface area contributed by atoms with Crippen molar-refractivity contribution in [3.8, 4) is 0 Å². The number of cyclic esters (lactones) is 1. The van der Waals surface area contributed by atoms with Crippen molar-refractivity contribution < 1.29 is 14.3 Å². The lowest BCUT2D eigenvalue weighted by Crippen LogP contribution is -2.41. The van der Waals surface area contributed by atoms with Crippen molar-refractivity contribution in [2.75, 3.05) is 0 Å². The summed E-state index contributed by atoms with van der Waals surface area (Å²) in [5.74, 6) is -0.905. The highest BCUT2D eigenvalue weighted by Crippen LogP contribution is 2.22. The molecule has 0 aliphatic carbocycles. The number of hydrogen-bond donors (Lipinski definition) is 0. The standard InChI is InChI=1S/C7H12O3/c1-5-4-6(8)10-7(2,3)9-5/h5H,4H2,1-3H3. The largest absolute Gasteiger partial charge is 0.434 e. The Balaban J connectivity index is 2.59. The zero-order chi connectivity index (χ0) is 7.78. The molecule has 3 nitrogen and oxygen atoms in total. The molecule has 1 fully saturated rings. The Hall–Kier alpha value is -0.570. The summed E-state index contributed by atoms with van der Waals surface area (Å²) in [4.78, 5) is 10.8. The maximum absolute atomic E-state index is 10.8. The van der Waals surface area contributed by atoms with E-state index in [1.54, 1.807) is 13.8 Å². The minimum Gasteiger partial charge on any atom is -0.434 e. The highest BCUT2D eigenvalue weighted by molar-refractivity contribution is 5.70. The van der Waals surface area contributed by atoms with Crippen LogP contribution in [0.5, 0.6) is 0 Å². The second-order valence-electron chi connectivity index (χ2n) is 3.01. The van der Waals surface area contributed by atoms with E-state index in [1.165, 1.54) is 0 Å². The van der Waals surface area contributed by atoms with E-state index in [1.807, 2.05) is 6.92 Å².